The van der Waals surface area contributed by atoms with Crippen molar-refractivity contribution in [2.45, 2.75) is 44.2 Å². The van der Waals surface area contributed by atoms with Crippen LogP contribution in [0.25, 0.3) is 0 Å². The summed E-state index contributed by atoms with van der Waals surface area (Å²) in [6.07, 6.45) is 4.02. The monoisotopic (exact) mass is 307 g/mol. The summed E-state index contributed by atoms with van der Waals surface area (Å²) in [7, 11) is 1.68. The average Bonchev–Trinajstić information content (AvgIpc) is 2.89. The molecule has 1 amide bonds. The predicted octanol–water partition coefficient (Wildman–Crippen LogP) is 2.06. The van der Waals surface area contributed by atoms with E-state index in [1.165, 1.54) is 0 Å². The summed E-state index contributed by atoms with van der Waals surface area (Å²) in [4.78, 5) is 14.0. The van der Waals surface area contributed by atoms with E-state index in [9.17, 15) is 4.79 Å². The van der Waals surface area contributed by atoms with Gasteiger partial charge >= 0.3 is 0 Å². The van der Waals surface area contributed by atoms with Crippen LogP contribution >= 0.6 is 11.3 Å². The third-order valence-corrected chi connectivity index (χ3v) is 4.75. The largest absolute Gasteiger partial charge is 0.395 e. The van der Waals surface area contributed by atoms with Gasteiger partial charge in [0.1, 0.15) is 0 Å². The normalized spacial score (nSPS) is 15.7. The van der Waals surface area contributed by atoms with Gasteiger partial charge in [0.05, 0.1) is 30.1 Å². The Balaban J connectivity index is 1.78. The van der Waals surface area contributed by atoms with Crippen LogP contribution in [0.1, 0.15) is 41.9 Å². The molecule has 0 spiro atoms. The molecule has 0 radical (unpaired) electrons. The van der Waals surface area contributed by atoms with E-state index in [1.54, 1.807) is 18.4 Å². The molecule has 114 valence electrons. The van der Waals surface area contributed by atoms with E-state index in [1.807, 2.05) is 12.1 Å². The molecule has 0 unspecified atom stereocenters. The van der Waals surface area contributed by atoms with Crippen molar-refractivity contribution >= 4 is 17.2 Å². The zero-order chi connectivity index (χ0) is 15.1. The fourth-order valence-electron chi connectivity index (χ4n) is 2.31. The van der Waals surface area contributed by atoms with Gasteiger partial charge in [0, 0.05) is 18.4 Å². The third-order valence-electron chi connectivity index (χ3n) is 3.75. The standard InChI is InChI=1S/C16H21NO3S/c1-20-16(8-4-9-16)11-15(19)17-12-14-7-6-13(21-14)5-2-3-10-18/h6-7,18H,3-4,8-12H2,1H3,(H,17,19). The van der Waals surface area contributed by atoms with Crippen LogP contribution in [0.2, 0.25) is 0 Å². The van der Waals surface area contributed by atoms with Crippen molar-refractivity contribution in [3.05, 3.63) is 21.9 Å². The average molecular weight is 307 g/mol. The minimum absolute atomic E-state index is 0.0397. The van der Waals surface area contributed by atoms with Crippen LogP contribution < -0.4 is 5.32 Å². The summed E-state index contributed by atoms with van der Waals surface area (Å²) >= 11 is 1.57. The fraction of sp³-hybridized carbons (Fsp3) is 0.562. The molecule has 0 bridgehead atoms. The molecule has 1 aliphatic carbocycles. The number of aliphatic hydroxyl groups excluding tert-OH is 1. The Bertz CT molecular complexity index is 532. The lowest BCUT2D eigenvalue weighted by Crippen LogP contribution is -2.43. The van der Waals surface area contributed by atoms with Crippen LogP contribution in [0, 0.1) is 11.8 Å². The van der Waals surface area contributed by atoms with Gasteiger partial charge in [0.2, 0.25) is 5.91 Å². The maximum Gasteiger partial charge on any atom is 0.223 e. The number of ether oxygens (including phenoxy) is 1. The van der Waals surface area contributed by atoms with E-state index in [4.69, 9.17) is 9.84 Å². The lowest BCUT2D eigenvalue weighted by Gasteiger charge is -2.39. The Morgan fingerprint density at radius 1 is 1.52 bits per heavy atom. The van der Waals surface area contributed by atoms with E-state index in [0.717, 1.165) is 29.0 Å². The van der Waals surface area contributed by atoms with E-state index < -0.39 is 0 Å². The van der Waals surface area contributed by atoms with E-state index in [2.05, 4.69) is 17.2 Å². The Morgan fingerprint density at radius 2 is 2.33 bits per heavy atom. The van der Waals surface area contributed by atoms with Crippen LogP contribution in [0.15, 0.2) is 12.1 Å². The summed E-state index contributed by atoms with van der Waals surface area (Å²) in [5.74, 6) is 5.92. The molecule has 1 fully saturated rings. The first kappa shape index (κ1) is 16.0. The van der Waals surface area contributed by atoms with Crippen molar-refractivity contribution in [3.63, 3.8) is 0 Å². The highest BCUT2D eigenvalue weighted by atomic mass is 32.1. The molecule has 2 rings (SSSR count). The predicted molar refractivity (Wildman–Crippen MR) is 83.0 cm³/mol. The topological polar surface area (TPSA) is 58.6 Å². The zero-order valence-corrected chi connectivity index (χ0v) is 13.1. The Morgan fingerprint density at radius 3 is 2.95 bits per heavy atom. The smallest absolute Gasteiger partial charge is 0.223 e. The molecular weight excluding hydrogens is 286 g/mol. The van der Waals surface area contributed by atoms with Crippen LogP contribution in [-0.4, -0.2) is 30.3 Å². The number of carbonyl (C=O) groups excluding carboxylic acids is 1. The molecule has 21 heavy (non-hydrogen) atoms. The summed E-state index contributed by atoms with van der Waals surface area (Å²) in [5, 5.41) is 11.6. The van der Waals surface area contributed by atoms with Gasteiger partial charge in [-0.1, -0.05) is 11.8 Å². The van der Waals surface area contributed by atoms with Crippen molar-refractivity contribution in [1.29, 1.82) is 0 Å². The molecule has 1 aliphatic rings. The van der Waals surface area contributed by atoms with Gasteiger partial charge in [-0.15, -0.1) is 11.3 Å². The SMILES string of the molecule is COC1(CC(=O)NCc2ccc(C#CCCO)s2)CCC1. The van der Waals surface area contributed by atoms with Crippen LogP contribution in [-0.2, 0) is 16.1 Å². The van der Waals surface area contributed by atoms with Gasteiger partial charge in [-0.25, -0.2) is 0 Å². The molecular formula is C16H21NO3S. The Kier molecular flexibility index (Phi) is 5.80. The fourth-order valence-corrected chi connectivity index (χ4v) is 3.13. The summed E-state index contributed by atoms with van der Waals surface area (Å²) in [5.41, 5.74) is -0.222. The summed E-state index contributed by atoms with van der Waals surface area (Å²) < 4.78 is 5.46. The maximum atomic E-state index is 12.0. The first-order valence-electron chi connectivity index (χ1n) is 7.18. The van der Waals surface area contributed by atoms with Crippen LogP contribution in [0.5, 0.6) is 0 Å². The molecule has 1 saturated carbocycles. The van der Waals surface area contributed by atoms with Gasteiger partial charge in [-0.05, 0) is 31.4 Å². The lowest BCUT2D eigenvalue weighted by molar-refractivity contribution is -0.134. The van der Waals surface area contributed by atoms with Gasteiger partial charge in [0.15, 0.2) is 0 Å². The number of hydrogen-bond donors (Lipinski definition) is 2. The molecule has 0 saturated heterocycles. The van der Waals surface area contributed by atoms with Crippen LogP contribution in [0.4, 0.5) is 0 Å². The molecule has 0 atom stereocenters. The zero-order valence-electron chi connectivity index (χ0n) is 12.3. The molecule has 4 nitrogen and oxygen atoms in total. The molecule has 1 heterocycles. The summed E-state index contributed by atoms with van der Waals surface area (Å²) in [6.45, 7) is 0.619. The van der Waals surface area contributed by atoms with Crippen molar-refractivity contribution in [1.82, 2.24) is 5.32 Å². The van der Waals surface area contributed by atoms with Gasteiger partial charge in [-0.3, -0.25) is 4.79 Å². The second kappa shape index (κ2) is 7.60. The number of amides is 1. The first-order valence-corrected chi connectivity index (χ1v) is 7.99. The molecule has 0 aliphatic heterocycles. The number of aliphatic hydroxyl groups is 1. The molecule has 2 N–H and O–H groups in total. The van der Waals surface area contributed by atoms with Crippen molar-refractivity contribution in [2.24, 2.45) is 0 Å². The Labute approximate surface area is 129 Å². The number of rotatable bonds is 6. The Hall–Kier alpha value is -1.35. The van der Waals surface area contributed by atoms with E-state index in [0.29, 0.717) is 19.4 Å². The maximum absolute atomic E-state index is 12.0. The second-order valence-electron chi connectivity index (χ2n) is 5.24. The lowest BCUT2D eigenvalue weighted by atomic mass is 9.77. The number of carbonyl (C=O) groups is 1. The molecule has 5 heteroatoms. The number of hydrogen-bond acceptors (Lipinski definition) is 4. The minimum Gasteiger partial charge on any atom is -0.395 e. The highest BCUT2D eigenvalue weighted by molar-refractivity contribution is 7.12. The van der Waals surface area contributed by atoms with Gasteiger partial charge in [0.25, 0.3) is 0 Å². The van der Waals surface area contributed by atoms with E-state index >= 15 is 0 Å². The highest BCUT2D eigenvalue weighted by Gasteiger charge is 2.38. The number of methoxy groups -OCH3 is 1. The van der Waals surface area contributed by atoms with E-state index in [-0.39, 0.29) is 18.1 Å². The second-order valence-corrected chi connectivity index (χ2v) is 6.40. The third kappa shape index (κ3) is 4.57. The minimum atomic E-state index is -0.222. The van der Waals surface area contributed by atoms with Crippen molar-refractivity contribution in [2.75, 3.05) is 13.7 Å². The first-order chi connectivity index (χ1) is 10.2. The van der Waals surface area contributed by atoms with Gasteiger partial charge in [-0.2, -0.15) is 0 Å². The summed E-state index contributed by atoms with van der Waals surface area (Å²) in [6, 6.07) is 3.92. The van der Waals surface area contributed by atoms with Gasteiger partial charge < -0.3 is 15.2 Å². The number of nitrogens with one attached hydrogen (secondary N) is 1. The molecule has 0 aromatic carbocycles. The molecule has 1 aromatic rings. The van der Waals surface area contributed by atoms with Crippen molar-refractivity contribution < 1.29 is 14.6 Å². The quantitative estimate of drug-likeness (QED) is 0.791. The van der Waals surface area contributed by atoms with Crippen LogP contribution in [0.3, 0.4) is 0 Å². The van der Waals surface area contributed by atoms with Crippen molar-refractivity contribution in [3.8, 4) is 11.8 Å². The molecule has 1 aromatic heterocycles. The number of thiophene rings is 1. The highest BCUT2D eigenvalue weighted by Crippen LogP contribution is 2.37.